The Kier molecular flexibility index (Phi) is 4.96. The fourth-order valence-electron chi connectivity index (χ4n) is 2.46. The molecule has 0 bridgehead atoms. The number of nitrogens with one attached hydrogen (secondary N) is 3. The number of aromatic amines is 1. The Bertz CT molecular complexity index is 619. The number of carbonyl (C=O) groups is 1. The molecule has 8 nitrogen and oxygen atoms in total. The van der Waals surface area contributed by atoms with E-state index in [0.717, 1.165) is 5.82 Å². The average Bonchev–Trinajstić information content (AvgIpc) is 3.22. The van der Waals surface area contributed by atoms with Gasteiger partial charge in [0.05, 0.1) is 25.3 Å². The Morgan fingerprint density at radius 2 is 2.22 bits per heavy atom. The number of rotatable bonds is 6. The number of pyridine rings is 1. The van der Waals surface area contributed by atoms with E-state index in [1.165, 1.54) is 0 Å². The van der Waals surface area contributed by atoms with Gasteiger partial charge in [0.1, 0.15) is 11.9 Å². The Hall–Kier alpha value is -2.29. The van der Waals surface area contributed by atoms with Gasteiger partial charge in [-0.1, -0.05) is 0 Å². The van der Waals surface area contributed by atoms with Gasteiger partial charge < -0.3 is 25.5 Å². The Morgan fingerprint density at radius 3 is 2.96 bits per heavy atom. The summed E-state index contributed by atoms with van der Waals surface area (Å²) in [6, 6.07) is 3.08. The first-order valence-corrected chi connectivity index (χ1v) is 7.43. The number of aliphatic hydroxyl groups is 1. The summed E-state index contributed by atoms with van der Waals surface area (Å²) in [4.78, 5) is 22.9. The molecule has 3 rings (SSSR count). The number of H-pyrrole nitrogens is 1. The van der Waals surface area contributed by atoms with Crippen LogP contribution in [-0.4, -0.2) is 57.4 Å². The Labute approximate surface area is 133 Å². The third kappa shape index (κ3) is 3.92. The van der Waals surface area contributed by atoms with Crippen molar-refractivity contribution >= 4 is 5.91 Å². The molecule has 3 heterocycles. The molecular formula is C15H19N5O3. The maximum atomic E-state index is 12.0. The van der Waals surface area contributed by atoms with Gasteiger partial charge in [-0.15, -0.1) is 0 Å². The van der Waals surface area contributed by atoms with E-state index in [0.29, 0.717) is 18.7 Å². The highest BCUT2D eigenvalue weighted by molar-refractivity contribution is 5.93. The summed E-state index contributed by atoms with van der Waals surface area (Å²) in [6.07, 6.45) is 5.42. The zero-order valence-corrected chi connectivity index (χ0v) is 12.5. The third-order valence-corrected chi connectivity index (χ3v) is 3.78. The van der Waals surface area contributed by atoms with Crippen molar-refractivity contribution in [2.45, 2.75) is 24.8 Å². The minimum Gasteiger partial charge on any atom is -0.389 e. The van der Waals surface area contributed by atoms with Gasteiger partial charge >= 0.3 is 0 Å². The van der Waals surface area contributed by atoms with E-state index in [9.17, 15) is 9.90 Å². The Morgan fingerprint density at radius 1 is 1.39 bits per heavy atom. The molecule has 2 aromatic heterocycles. The van der Waals surface area contributed by atoms with Crippen LogP contribution in [0.25, 0.3) is 0 Å². The summed E-state index contributed by atoms with van der Waals surface area (Å²) < 4.78 is 5.56. The number of carbonyl (C=O) groups excluding carboxylic acids is 1. The summed E-state index contributed by atoms with van der Waals surface area (Å²) >= 11 is 0. The van der Waals surface area contributed by atoms with Crippen LogP contribution in [0.2, 0.25) is 0 Å². The minimum atomic E-state index is -0.692. The van der Waals surface area contributed by atoms with Gasteiger partial charge in [-0.05, 0) is 12.1 Å². The maximum Gasteiger partial charge on any atom is 0.251 e. The number of hydrogen-bond donors (Lipinski definition) is 4. The number of aliphatic hydroxyl groups excluding tert-OH is 1. The lowest BCUT2D eigenvalue weighted by atomic mass is 10.1. The van der Waals surface area contributed by atoms with Crippen molar-refractivity contribution in [1.29, 1.82) is 0 Å². The first-order chi connectivity index (χ1) is 11.2. The van der Waals surface area contributed by atoms with Gasteiger partial charge in [0.15, 0.2) is 0 Å². The standard InChI is InChI=1S/C15H19N5O3/c21-14-11(19-8-13-17-5-6-18-13)9-23-12(14)7-20-15(22)10-1-3-16-4-2-10/h1-6,11-12,14,19,21H,7-9H2,(H,17,18)(H,20,22)/t11-,12-,14+/m1/s1. The number of ether oxygens (including phenoxy) is 1. The highest BCUT2D eigenvalue weighted by Gasteiger charge is 2.35. The zero-order chi connectivity index (χ0) is 16.1. The number of amides is 1. The first kappa shape index (κ1) is 15.6. The molecule has 1 saturated heterocycles. The molecular weight excluding hydrogens is 298 g/mol. The lowest BCUT2D eigenvalue weighted by molar-refractivity contribution is 0.0398. The largest absolute Gasteiger partial charge is 0.389 e. The van der Waals surface area contributed by atoms with Crippen LogP contribution in [0.15, 0.2) is 36.9 Å². The predicted octanol–water partition coefficient (Wildman–Crippen LogP) is -0.547. The summed E-state index contributed by atoms with van der Waals surface area (Å²) in [5, 5.41) is 16.2. The highest BCUT2D eigenvalue weighted by Crippen LogP contribution is 2.14. The monoisotopic (exact) mass is 317 g/mol. The van der Waals surface area contributed by atoms with Gasteiger partial charge in [-0.25, -0.2) is 4.98 Å². The summed E-state index contributed by atoms with van der Waals surface area (Å²) in [5.74, 6) is 0.585. The van der Waals surface area contributed by atoms with Crippen molar-refractivity contribution in [3.8, 4) is 0 Å². The molecule has 2 aromatic rings. The zero-order valence-electron chi connectivity index (χ0n) is 12.5. The third-order valence-electron chi connectivity index (χ3n) is 3.78. The summed E-state index contributed by atoms with van der Waals surface area (Å²) in [6.45, 7) is 1.16. The fourth-order valence-corrected chi connectivity index (χ4v) is 2.46. The van der Waals surface area contributed by atoms with Gasteiger partial charge in [-0.3, -0.25) is 9.78 Å². The van der Waals surface area contributed by atoms with E-state index >= 15 is 0 Å². The van der Waals surface area contributed by atoms with Crippen molar-refractivity contribution in [1.82, 2.24) is 25.6 Å². The molecule has 1 fully saturated rings. The molecule has 3 atom stereocenters. The van der Waals surface area contributed by atoms with E-state index in [1.54, 1.807) is 36.9 Å². The quantitative estimate of drug-likeness (QED) is 0.569. The number of nitrogens with zero attached hydrogens (tertiary/aromatic N) is 2. The van der Waals surface area contributed by atoms with Crippen LogP contribution in [0.1, 0.15) is 16.2 Å². The maximum absolute atomic E-state index is 12.0. The van der Waals surface area contributed by atoms with E-state index in [1.807, 2.05) is 0 Å². The summed E-state index contributed by atoms with van der Waals surface area (Å²) in [5.41, 5.74) is 0.528. The molecule has 122 valence electrons. The molecule has 8 heteroatoms. The molecule has 0 radical (unpaired) electrons. The van der Waals surface area contributed by atoms with Crippen molar-refractivity contribution in [2.75, 3.05) is 13.2 Å². The average molecular weight is 317 g/mol. The second kappa shape index (κ2) is 7.32. The van der Waals surface area contributed by atoms with Crippen LogP contribution in [0.5, 0.6) is 0 Å². The Balaban J connectivity index is 1.45. The smallest absolute Gasteiger partial charge is 0.251 e. The van der Waals surface area contributed by atoms with Crippen molar-refractivity contribution in [3.63, 3.8) is 0 Å². The van der Waals surface area contributed by atoms with Crippen LogP contribution in [0.4, 0.5) is 0 Å². The molecule has 0 aromatic carbocycles. The lowest BCUT2D eigenvalue weighted by Crippen LogP contribution is -2.44. The molecule has 0 unspecified atom stereocenters. The van der Waals surface area contributed by atoms with Crippen molar-refractivity contribution in [3.05, 3.63) is 48.3 Å². The van der Waals surface area contributed by atoms with E-state index in [-0.39, 0.29) is 18.5 Å². The molecule has 0 spiro atoms. The van der Waals surface area contributed by atoms with Crippen LogP contribution >= 0.6 is 0 Å². The predicted molar refractivity (Wildman–Crippen MR) is 81.5 cm³/mol. The fraction of sp³-hybridized carbons (Fsp3) is 0.400. The van der Waals surface area contributed by atoms with Crippen LogP contribution in [0.3, 0.4) is 0 Å². The van der Waals surface area contributed by atoms with Gasteiger partial charge in [0.2, 0.25) is 0 Å². The molecule has 1 amide bonds. The second-order valence-corrected chi connectivity index (χ2v) is 5.33. The van der Waals surface area contributed by atoms with E-state index in [4.69, 9.17) is 4.74 Å². The van der Waals surface area contributed by atoms with Crippen LogP contribution in [0, 0.1) is 0 Å². The van der Waals surface area contributed by atoms with Crippen LogP contribution < -0.4 is 10.6 Å². The topological polar surface area (TPSA) is 112 Å². The SMILES string of the molecule is O=C(NC[C@H]1OC[C@@H](NCc2ncc[nH]2)[C@@H]1O)c1ccncc1. The number of hydrogen-bond acceptors (Lipinski definition) is 6. The van der Waals surface area contributed by atoms with E-state index in [2.05, 4.69) is 25.6 Å². The first-order valence-electron chi connectivity index (χ1n) is 7.43. The highest BCUT2D eigenvalue weighted by atomic mass is 16.5. The lowest BCUT2D eigenvalue weighted by Gasteiger charge is -2.18. The number of aromatic nitrogens is 3. The normalized spacial score (nSPS) is 23.8. The molecule has 1 aliphatic heterocycles. The molecule has 0 saturated carbocycles. The van der Waals surface area contributed by atoms with Gasteiger partial charge in [0, 0.05) is 36.9 Å². The molecule has 0 aliphatic carbocycles. The van der Waals surface area contributed by atoms with Crippen molar-refractivity contribution < 1.29 is 14.6 Å². The van der Waals surface area contributed by atoms with Crippen molar-refractivity contribution in [2.24, 2.45) is 0 Å². The van der Waals surface area contributed by atoms with Crippen LogP contribution in [-0.2, 0) is 11.3 Å². The summed E-state index contributed by atoms with van der Waals surface area (Å²) in [7, 11) is 0. The molecule has 4 N–H and O–H groups in total. The second-order valence-electron chi connectivity index (χ2n) is 5.33. The van der Waals surface area contributed by atoms with Gasteiger partial charge in [0.25, 0.3) is 5.91 Å². The molecule has 23 heavy (non-hydrogen) atoms. The van der Waals surface area contributed by atoms with Gasteiger partial charge in [-0.2, -0.15) is 0 Å². The minimum absolute atomic E-state index is 0.192. The molecule has 1 aliphatic rings. The van der Waals surface area contributed by atoms with E-state index < -0.39 is 12.2 Å². The number of imidazole rings is 1.